The van der Waals surface area contributed by atoms with E-state index in [2.05, 4.69) is 5.32 Å². The lowest BCUT2D eigenvalue weighted by atomic mass is 10.1. The summed E-state index contributed by atoms with van der Waals surface area (Å²) in [5.41, 5.74) is 1.35. The van der Waals surface area contributed by atoms with Gasteiger partial charge < -0.3 is 5.32 Å². The normalized spacial score (nSPS) is 10.0. The first kappa shape index (κ1) is 15.2. The number of hydrogen-bond donors (Lipinski definition) is 1. The van der Waals surface area contributed by atoms with Gasteiger partial charge in [-0.2, -0.15) is 5.26 Å². The van der Waals surface area contributed by atoms with E-state index >= 15 is 0 Å². The van der Waals surface area contributed by atoms with E-state index in [1.54, 1.807) is 31.2 Å². The van der Waals surface area contributed by atoms with Gasteiger partial charge in [-0.1, -0.05) is 11.6 Å². The van der Waals surface area contributed by atoms with Gasteiger partial charge in [-0.15, -0.1) is 11.3 Å². The first-order valence-electron chi connectivity index (χ1n) is 6.05. The average Bonchev–Trinajstić information content (AvgIpc) is 2.75. The zero-order chi connectivity index (χ0) is 15.6. The number of nitriles is 1. The summed E-state index contributed by atoms with van der Waals surface area (Å²) in [4.78, 5) is 24.1. The van der Waals surface area contributed by atoms with Crippen molar-refractivity contribution in [2.75, 3.05) is 5.32 Å². The number of nitrogens with one attached hydrogen (secondary N) is 1. The Kier molecular flexibility index (Phi) is 4.41. The number of thiophene rings is 1. The molecule has 0 spiro atoms. The van der Waals surface area contributed by atoms with Crippen molar-refractivity contribution in [3.63, 3.8) is 0 Å². The van der Waals surface area contributed by atoms with Crippen LogP contribution in [-0.4, -0.2) is 11.7 Å². The maximum Gasteiger partial charge on any atom is 0.256 e. The number of hydrogen-bond acceptors (Lipinski definition) is 4. The van der Waals surface area contributed by atoms with Crippen molar-refractivity contribution in [1.82, 2.24) is 0 Å². The molecule has 1 amide bonds. The molecule has 0 atom stereocenters. The van der Waals surface area contributed by atoms with Crippen LogP contribution in [0.1, 0.15) is 38.1 Å². The van der Waals surface area contributed by atoms with Crippen molar-refractivity contribution >= 4 is 39.6 Å². The molecule has 106 valence electrons. The molecule has 0 aliphatic heterocycles. The lowest BCUT2D eigenvalue weighted by molar-refractivity contribution is 0.101. The van der Waals surface area contributed by atoms with E-state index in [1.165, 1.54) is 6.92 Å². The van der Waals surface area contributed by atoms with Gasteiger partial charge >= 0.3 is 0 Å². The van der Waals surface area contributed by atoms with Crippen LogP contribution < -0.4 is 5.32 Å². The quantitative estimate of drug-likeness (QED) is 0.868. The summed E-state index contributed by atoms with van der Waals surface area (Å²) < 4.78 is 0. The number of Topliss-reactive ketones (excluding diaryl/α,β-unsaturated/α-hetero) is 1. The summed E-state index contributed by atoms with van der Waals surface area (Å²) in [6, 6.07) is 8.44. The van der Waals surface area contributed by atoms with Gasteiger partial charge in [0.15, 0.2) is 5.78 Å². The fourth-order valence-electron chi connectivity index (χ4n) is 1.85. The topological polar surface area (TPSA) is 70.0 Å². The molecule has 0 saturated heterocycles. The van der Waals surface area contributed by atoms with E-state index in [-0.39, 0.29) is 11.7 Å². The molecule has 21 heavy (non-hydrogen) atoms. The van der Waals surface area contributed by atoms with E-state index in [0.29, 0.717) is 31.6 Å². The van der Waals surface area contributed by atoms with Gasteiger partial charge in [0.05, 0.1) is 10.4 Å². The smallest absolute Gasteiger partial charge is 0.256 e. The molecule has 0 unspecified atom stereocenters. The van der Waals surface area contributed by atoms with Crippen LogP contribution in [0.15, 0.2) is 24.3 Å². The second kappa shape index (κ2) is 6.08. The number of ketones is 1. The molecule has 2 rings (SSSR count). The zero-order valence-corrected chi connectivity index (χ0v) is 12.9. The fourth-order valence-corrected chi connectivity index (χ4v) is 3.02. The fraction of sp³-hybridized carbons (Fsp3) is 0.133. The number of carbonyl (C=O) groups is 2. The lowest BCUT2D eigenvalue weighted by Crippen LogP contribution is -2.11. The Morgan fingerprint density at radius 1 is 1.29 bits per heavy atom. The van der Waals surface area contributed by atoms with E-state index in [4.69, 9.17) is 11.6 Å². The van der Waals surface area contributed by atoms with Crippen molar-refractivity contribution in [2.24, 2.45) is 0 Å². The van der Waals surface area contributed by atoms with E-state index in [0.717, 1.165) is 11.3 Å². The average molecular weight is 319 g/mol. The maximum absolute atomic E-state index is 12.1. The van der Waals surface area contributed by atoms with Crippen molar-refractivity contribution < 1.29 is 9.59 Å². The summed E-state index contributed by atoms with van der Waals surface area (Å²) in [5, 5.41) is 12.8. The highest BCUT2D eigenvalue weighted by Gasteiger charge is 2.19. The number of nitrogens with zero attached hydrogens (tertiary/aromatic N) is 1. The number of rotatable bonds is 3. The third-order valence-corrected chi connectivity index (χ3v) is 4.47. The molecule has 6 heteroatoms. The minimum atomic E-state index is -0.348. The second-order valence-electron chi connectivity index (χ2n) is 4.39. The van der Waals surface area contributed by atoms with Gasteiger partial charge in [0, 0.05) is 10.6 Å². The molecular weight excluding hydrogens is 308 g/mol. The molecule has 1 heterocycles. The van der Waals surface area contributed by atoms with Crippen molar-refractivity contribution in [2.45, 2.75) is 13.8 Å². The van der Waals surface area contributed by atoms with Gasteiger partial charge in [-0.25, -0.2) is 0 Å². The first-order valence-corrected chi connectivity index (χ1v) is 7.24. The molecule has 2 aromatic rings. The third-order valence-electron chi connectivity index (χ3n) is 2.91. The summed E-state index contributed by atoms with van der Waals surface area (Å²) in [5.74, 6) is -0.472. The highest BCUT2D eigenvalue weighted by atomic mass is 35.5. The Morgan fingerprint density at radius 2 is 1.90 bits per heavy atom. The highest BCUT2D eigenvalue weighted by Crippen LogP contribution is 2.33. The Hall–Kier alpha value is -2.16. The molecule has 0 aliphatic carbocycles. The van der Waals surface area contributed by atoms with Crippen LogP contribution >= 0.6 is 22.9 Å². The maximum atomic E-state index is 12.1. The van der Waals surface area contributed by atoms with Crippen molar-refractivity contribution in [1.29, 1.82) is 5.26 Å². The molecular formula is C15H11ClN2O2S. The van der Waals surface area contributed by atoms with Crippen molar-refractivity contribution in [3.05, 3.63) is 50.9 Å². The standard InChI is InChI=1S/C15H11ClN2O2S/c1-8-12(7-17)15(21-13(8)9(2)19)18-14(20)10-3-5-11(16)6-4-10/h3-6H,1-2H3,(H,18,20). The predicted molar refractivity (Wildman–Crippen MR) is 83.2 cm³/mol. The van der Waals surface area contributed by atoms with Crippen LogP contribution in [0.2, 0.25) is 5.02 Å². The number of benzene rings is 1. The van der Waals surface area contributed by atoms with Gasteiger partial charge in [0.1, 0.15) is 11.1 Å². The van der Waals surface area contributed by atoms with Crippen LogP contribution in [0.4, 0.5) is 5.00 Å². The summed E-state index contributed by atoms with van der Waals surface area (Å²) in [7, 11) is 0. The Labute approximate surface area is 131 Å². The first-order chi connectivity index (χ1) is 9.93. The van der Waals surface area contributed by atoms with Crippen LogP contribution in [-0.2, 0) is 0 Å². The number of anilines is 1. The summed E-state index contributed by atoms with van der Waals surface area (Å²) in [6.45, 7) is 3.13. The van der Waals surface area contributed by atoms with Crippen LogP contribution in [0, 0.1) is 18.3 Å². The molecule has 1 aromatic carbocycles. The predicted octanol–water partition coefficient (Wildman–Crippen LogP) is 4.04. The molecule has 0 bridgehead atoms. The van der Waals surface area contributed by atoms with Crippen LogP contribution in [0.5, 0.6) is 0 Å². The largest absolute Gasteiger partial charge is 0.312 e. The zero-order valence-electron chi connectivity index (χ0n) is 11.4. The molecule has 1 aromatic heterocycles. The molecule has 0 aliphatic rings. The third kappa shape index (κ3) is 3.13. The van der Waals surface area contributed by atoms with Gasteiger partial charge in [-0.3, -0.25) is 9.59 Å². The summed E-state index contributed by atoms with van der Waals surface area (Å²) >= 11 is 6.89. The number of halogens is 1. The van der Waals surface area contributed by atoms with E-state index in [9.17, 15) is 14.9 Å². The number of amides is 1. The van der Waals surface area contributed by atoms with Crippen LogP contribution in [0.25, 0.3) is 0 Å². The monoisotopic (exact) mass is 318 g/mol. The van der Waals surface area contributed by atoms with E-state index < -0.39 is 0 Å². The van der Waals surface area contributed by atoms with Gasteiger partial charge in [-0.05, 0) is 43.7 Å². The highest BCUT2D eigenvalue weighted by molar-refractivity contribution is 7.18. The second-order valence-corrected chi connectivity index (χ2v) is 5.85. The lowest BCUT2D eigenvalue weighted by Gasteiger charge is -2.03. The molecule has 0 radical (unpaired) electrons. The minimum Gasteiger partial charge on any atom is -0.312 e. The Morgan fingerprint density at radius 3 is 2.43 bits per heavy atom. The molecule has 4 nitrogen and oxygen atoms in total. The molecule has 1 N–H and O–H groups in total. The Bertz CT molecular complexity index is 757. The SMILES string of the molecule is CC(=O)c1sc(NC(=O)c2ccc(Cl)cc2)c(C#N)c1C. The van der Waals surface area contributed by atoms with E-state index in [1.807, 2.05) is 6.07 Å². The number of carbonyl (C=O) groups excluding carboxylic acids is 2. The molecule has 0 fully saturated rings. The molecule has 0 saturated carbocycles. The van der Waals surface area contributed by atoms with Crippen LogP contribution in [0.3, 0.4) is 0 Å². The minimum absolute atomic E-state index is 0.124. The Balaban J connectivity index is 2.33. The van der Waals surface area contributed by atoms with Gasteiger partial charge in [0.25, 0.3) is 5.91 Å². The summed E-state index contributed by atoms with van der Waals surface area (Å²) in [6.07, 6.45) is 0. The van der Waals surface area contributed by atoms with Gasteiger partial charge in [0.2, 0.25) is 0 Å². The van der Waals surface area contributed by atoms with Crippen molar-refractivity contribution in [3.8, 4) is 6.07 Å².